The topological polar surface area (TPSA) is 125 Å². The van der Waals surface area contributed by atoms with Gasteiger partial charge < -0.3 is 29.6 Å². The largest absolute Gasteiger partial charge is 0.392 e. The van der Waals surface area contributed by atoms with Gasteiger partial charge in [0.15, 0.2) is 12.0 Å². The van der Waals surface area contributed by atoms with Gasteiger partial charge in [0.1, 0.15) is 11.3 Å². The molecule has 0 spiro atoms. The molecule has 46 heavy (non-hydrogen) atoms. The van der Waals surface area contributed by atoms with Gasteiger partial charge in [0.2, 0.25) is 0 Å². The number of rotatable bonds is 8. The number of anilines is 1. The predicted octanol–water partition coefficient (Wildman–Crippen LogP) is 2.92. The molecule has 12 nitrogen and oxygen atoms in total. The number of aromatic nitrogens is 5. The van der Waals surface area contributed by atoms with Crippen LogP contribution in [0.5, 0.6) is 0 Å². The summed E-state index contributed by atoms with van der Waals surface area (Å²) in [7, 11) is 3.51. The minimum Gasteiger partial charge on any atom is -0.392 e. The van der Waals surface area contributed by atoms with Gasteiger partial charge in [-0.05, 0) is 54.5 Å². The molecular formula is C34H42N8O4. The van der Waals surface area contributed by atoms with E-state index in [1.807, 2.05) is 45.8 Å². The molecule has 6 heterocycles. The van der Waals surface area contributed by atoms with Crippen molar-refractivity contribution in [1.29, 1.82) is 0 Å². The molecule has 2 atom stereocenters. The number of hydrogen-bond acceptors (Lipinski definition) is 9. The Labute approximate surface area is 267 Å². The average molecular weight is 627 g/mol. The van der Waals surface area contributed by atoms with Crippen LogP contribution in [-0.2, 0) is 30.7 Å². The van der Waals surface area contributed by atoms with E-state index >= 15 is 0 Å². The molecule has 4 aromatic rings. The summed E-state index contributed by atoms with van der Waals surface area (Å²) in [5.74, 6) is 1.02. The molecule has 0 saturated carbocycles. The zero-order valence-electron chi connectivity index (χ0n) is 27.1. The van der Waals surface area contributed by atoms with Gasteiger partial charge in [-0.2, -0.15) is 5.10 Å². The molecule has 0 bridgehead atoms. The molecule has 7 rings (SSSR count). The second kappa shape index (κ2) is 11.5. The summed E-state index contributed by atoms with van der Waals surface area (Å²) < 4.78 is 10.8. The number of ether oxygens (including phenoxy) is 1. The lowest BCUT2D eigenvalue weighted by Crippen LogP contribution is -2.38. The number of pyridine rings is 1. The van der Waals surface area contributed by atoms with Crippen LogP contribution in [0, 0.1) is 5.41 Å². The molecule has 3 aliphatic rings. The number of hydrogen-bond donors (Lipinski definition) is 3. The molecule has 1 aliphatic carbocycles. The Hall–Kier alpha value is -4.23. The van der Waals surface area contributed by atoms with E-state index in [1.165, 1.54) is 15.8 Å². The van der Waals surface area contributed by atoms with Crippen molar-refractivity contribution in [3.8, 4) is 5.82 Å². The van der Waals surface area contributed by atoms with Crippen LogP contribution < -0.4 is 10.9 Å². The standard InChI is InChI=1S/C34H42N8O4/c1-21-27-16-30(37-42(27)11-8-39(21)12-13-46-5)36-26-14-23(19-38(4)32(26)44)24-6-7-35-31(25(24)20-43)41-10-9-40-28(33(41)45)15-22-17-34(2,3)18-29(22)40/h6-7,9-10,14-16,19,21,32,43-44H,8,11-13,17-18,20H2,1-5H3,(H,36,37)/t21-,32?/m0/s1. The van der Waals surface area contributed by atoms with Crippen LogP contribution in [0.3, 0.4) is 0 Å². The third-order valence-electron chi connectivity index (χ3n) is 9.64. The van der Waals surface area contributed by atoms with E-state index in [0.29, 0.717) is 40.6 Å². The van der Waals surface area contributed by atoms with Gasteiger partial charge in [0.05, 0.1) is 31.1 Å². The Bertz CT molecular complexity index is 1930. The van der Waals surface area contributed by atoms with Gasteiger partial charge in [-0.3, -0.25) is 18.9 Å². The fraction of sp³-hybridized carbons (Fsp3) is 0.441. The van der Waals surface area contributed by atoms with Crippen LogP contribution >= 0.6 is 0 Å². The highest BCUT2D eigenvalue weighted by Gasteiger charge is 2.32. The van der Waals surface area contributed by atoms with E-state index in [-0.39, 0.29) is 23.6 Å². The second-order valence-electron chi connectivity index (χ2n) is 13.4. The molecule has 0 saturated heterocycles. The molecule has 3 N–H and O–H groups in total. The minimum atomic E-state index is -0.927. The average Bonchev–Trinajstić information content (AvgIpc) is 3.69. The fourth-order valence-electron chi connectivity index (χ4n) is 7.25. The summed E-state index contributed by atoms with van der Waals surface area (Å²) in [5, 5.41) is 29.9. The van der Waals surface area contributed by atoms with Crippen molar-refractivity contribution >= 4 is 16.9 Å². The number of allylic oxidation sites excluding steroid dienone is 2. The maximum atomic E-state index is 13.8. The van der Waals surface area contributed by atoms with Crippen molar-refractivity contribution in [3.63, 3.8) is 0 Å². The zero-order chi connectivity index (χ0) is 32.3. The third kappa shape index (κ3) is 5.15. The highest BCUT2D eigenvalue weighted by atomic mass is 16.5. The van der Waals surface area contributed by atoms with Gasteiger partial charge in [0, 0.05) is 81.0 Å². The molecular weight excluding hydrogens is 584 g/mol. The highest BCUT2D eigenvalue weighted by molar-refractivity contribution is 5.79. The van der Waals surface area contributed by atoms with Crippen molar-refractivity contribution < 1.29 is 14.9 Å². The lowest BCUT2D eigenvalue weighted by molar-refractivity contribution is 0.0878. The molecule has 0 fully saturated rings. The number of nitrogens with one attached hydrogen (secondary N) is 1. The lowest BCUT2D eigenvalue weighted by atomic mass is 9.90. The Balaban J connectivity index is 1.21. The fourth-order valence-corrected chi connectivity index (χ4v) is 7.25. The number of nitrogens with zero attached hydrogens (tertiary/aromatic N) is 7. The van der Waals surface area contributed by atoms with Gasteiger partial charge in [0.25, 0.3) is 5.56 Å². The van der Waals surface area contributed by atoms with Crippen LogP contribution in [0.2, 0.25) is 0 Å². The summed E-state index contributed by atoms with van der Waals surface area (Å²) in [5.41, 5.74) is 6.61. The summed E-state index contributed by atoms with van der Waals surface area (Å²) >= 11 is 0. The van der Waals surface area contributed by atoms with E-state index < -0.39 is 6.23 Å². The van der Waals surface area contributed by atoms with E-state index in [2.05, 4.69) is 36.0 Å². The molecule has 0 aromatic carbocycles. The Morgan fingerprint density at radius 2 is 2.00 bits per heavy atom. The Morgan fingerprint density at radius 3 is 2.78 bits per heavy atom. The number of likely N-dealkylation sites (N-methyl/N-ethyl adjacent to an activating group) is 1. The SMILES string of the molecule is COCCN1CCn2nc(NC3=CC(c4ccnc(-n5ccn6c7c(cc6c5=O)CC(C)(C)C7)c4CO)=CN(C)C3O)cc2[C@@H]1C. The van der Waals surface area contributed by atoms with Crippen molar-refractivity contribution in [2.45, 2.75) is 59.0 Å². The maximum Gasteiger partial charge on any atom is 0.280 e. The second-order valence-corrected chi connectivity index (χ2v) is 13.4. The Kier molecular flexibility index (Phi) is 7.63. The normalized spacial score (nSPS) is 20.9. The van der Waals surface area contributed by atoms with Crippen LogP contribution in [0.15, 0.2) is 59.6 Å². The van der Waals surface area contributed by atoms with Gasteiger partial charge in [-0.1, -0.05) is 13.8 Å². The van der Waals surface area contributed by atoms with Gasteiger partial charge >= 0.3 is 0 Å². The first-order chi connectivity index (χ1) is 22.1. The number of aliphatic hydroxyl groups is 2. The molecule has 0 radical (unpaired) electrons. The van der Waals surface area contributed by atoms with E-state index in [9.17, 15) is 15.0 Å². The summed E-state index contributed by atoms with van der Waals surface area (Å²) in [6.07, 6.45) is 9.91. The first-order valence-electron chi connectivity index (χ1n) is 15.8. The summed E-state index contributed by atoms with van der Waals surface area (Å²) in [6.45, 7) is 9.51. The van der Waals surface area contributed by atoms with Crippen LogP contribution in [0.1, 0.15) is 54.9 Å². The molecule has 4 aromatic heterocycles. The van der Waals surface area contributed by atoms with Gasteiger partial charge in [-0.25, -0.2) is 4.98 Å². The summed E-state index contributed by atoms with van der Waals surface area (Å²) in [6, 6.07) is 6.03. The lowest BCUT2D eigenvalue weighted by Gasteiger charge is -2.33. The monoisotopic (exact) mass is 626 g/mol. The molecule has 1 unspecified atom stereocenters. The van der Waals surface area contributed by atoms with E-state index in [1.54, 1.807) is 31.5 Å². The third-order valence-corrected chi connectivity index (χ3v) is 9.64. The smallest absolute Gasteiger partial charge is 0.280 e. The van der Waals surface area contributed by atoms with Gasteiger partial charge in [-0.15, -0.1) is 0 Å². The molecule has 242 valence electrons. The number of fused-ring (bicyclic) bond motifs is 4. The molecule has 12 heteroatoms. The Morgan fingerprint density at radius 1 is 1.17 bits per heavy atom. The first kappa shape index (κ1) is 30.4. The van der Waals surface area contributed by atoms with Crippen LogP contribution in [0.4, 0.5) is 5.82 Å². The maximum absolute atomic E-state index is 13.8. The van der Waals surface area contributed by atoms with Crippen LogP contribution in [-0.4, -0.2) is 83.8 Å². The van der Waals surface area contributed by atoms with Crippen molar-refractivity contribution in [2.75, 3.05) is 39.2 Å². The van der Waals surface area contributed by atoms with E-state index in [4.69, 9.17) is 9.84 Å². The zero-order valence-corrected chi connectivity index (χ0v) is 27.1. The number of aliphatic hydroxyl groups excluding tert-OH is 2. The highest BCUT2D eigenvalue weighted by Crippen LogP contribution is 2.37. The quantitative estimate of drug-likeness (QED) is 0.271. The molecule has 2 aliphatic heterocycles. The minimum absolute atomic E-state index is 0.178. The summed E-state index contributed by atoms with van der Waals surface area (Å²) in [4.78, 5) is 22.4. The number of methoxy groups -OCH3 is 1. The first-order valence-corrected chi connectivity index (χ1v) is 15.8. The van der Waals surface area contributed by atoms with Crippen molar-refractivity contribution in [3.05, 3.63) is 93.2 Å². The van der Waals surface area contributed by atoms with Crippen molar-refractivity contribution in [1.82, 2.24) is 33.5 Å². The van der Waals surface area contributed by atoms with Crippen molar-refractivity contribution in [2.24, 2.45) is 5.41 Å². The predicted molar refractivity (Wildman–Crippen MR) is 175 cm³/mol. The molecule has 0 amide bonds. The van der Waals surface area contributed by atoms with Crippen LogP contribution in [0.25, 0.3) is 16.9 Å². The van der Waals surface area contributed by atoms with E-state index in [0.717, 1.165) is 43.7 Å².